The molecule has 0 fully saturated rings. The maximum absolute atomic E-state index is 12.9. The highest BCUT2D eigenvalue weighted by Crippen LogP contribution is 2.28. The molecule has 3 rings (SSSR count). The predicted octanol–water partition coefficient (Wildman–Crippen LogP) is 3.41. The van der Waals surface area contributed by atoms with Crippen molar-refractivity contribution in [2.24, 2.45) is 0 Å². The molecule has 0 aliphatic carbocycles. The van der Waals surface area contributed by atoms with Gasteiger partial charge in [0.05, 0.1) is 35.4 Å². The van der Waals surface area contributed by atoms with E-state index in [2.05, 4.69) is 4.98 Å². The number of nitrogens with zero attached hydrogens (tertiary/aromatic N) is 1. The topological polar surface area (TPSA) is 78.6 Å². The highest BCUT2D eigenvalue weighted by molar-refractivity contribution is 7.09. The van der Waals surface area contributed by atoms with Crippen LogP contribution in [0.4, 0.5) is 0 Å². The van der Waals surface area contributed by atoms with Crippen LogP contribution in [-0.2, 0) is 4.74 Å². The summed E-state index contributed by atoms with van der Waals surface area (Å²) in [6, 6.07) is 4.84. The molecule has 0 unspecified atom stereocenters. The molecule has 2 heterocycles. The van der Waals surface area contributed by atoms with Gasteiger partial charge in [-0.05, 0) is 26.0 Å². The Morgan fingerprint density at radius 1 is 1.38 bits per heavy atom. The van der Waals surface area contributed by atoms with E-state index in [1.807, 2.05) is 6.92 Å². The normalized spacial score (nSPS) is 10.8. The van der Waals surface area contributed by atoms with Crippen molar-refractivity contribution in [3.05, 3.63) is 44.6 Å². The fourth-order valence-electron chi connectivity index (χ4n) is 2.35. The van der Waals surface area contributed by atoms with E-state index >= 15 is 0 Å². The summed E-state index contributed by atoms with van der Waals surface area (Å²) >= 11 is 1.39. The zero-order valence-corrected chi connectivity index (χ0v) is 14.2. The van der Waals surface area contributed by atoms with Crippen LogP contribution in [0.3, 0.4) is 0 Å². The Morgan fingerprint density at radius 2 is 2.17 bits per heavy atom. The number of hydrogen-bond donors (Lipinski definition) is 0. The number of benzene rings is 1. The van der Waals surface area contributed by atoms with E-state index < -0.39 is 5.97 Å². The molecule has 0 bridgehead atoms. The predicted molar refractivity (Wildman–Crippen MR) is 90.8 cm³/mol. The minimum absolute atomic E-state index is 0.121. The number of methoxy groups -OCH3 is 1. The molecule has 2 aromatic heterocycles. The van der Waals surface area contributed by atoms with Crippen LogP contribution in [0.2, 0.25) is 0 Å². The highest BCUT2D eigenvalue weighted by atomic mass is 32.1. The number of rotatable bonds is 4. The summed E-state index contributed by atoms with van der Waals surface area (Å²) < 4.78 is 15.9. The maximum Gasteiger partial charge on any atom is 0.375 e. The molecule has 0 spiro atoms. The number of esters is 1. The SMILES string of the molecule is CCOC(=O)c1oc2cc(OC)ccc2c(=O)c1-c1csc(C)n1. The summed E-state index contributed by atoms with van der Waals surface area (Å²) in [6.07, 6.45) is 0. The second kappa shape index (κ2) is 6.45. The van der Waals surface area contributed by atoms with Gasteiger partial charge < -0.3 is 13.9 Å². The van der Waals surface area contributed by atoms with E-state index in [9.17, 15) is 9.59 Å². The van der Waals surface area contributed by atoms with Gasteiger partial charge in [0.25, 0.3) is 0 Å². The maximum atomic E-state index is 12.9. The molecule has 0 saturated heterocycles. The van der Waals surface area contributed by atoms with E-state index in [4.69, 9.17) is 13.9 Å². The summed E-state index contributed by atoms with van der Waals surface area (Å²) in [4.78, 5) is 29.5. The third-order valence-corrected chi connectivity index (χ3v) is 4.21. The molecule has 0 radical (unpaired) electrons. The number of carbonyl (C=O) groups is 1. The van der Waals surface area contributed by atoms with Gasteiger partial charge in [0.2, 0.25) is 11.2 Å². The van der Waals surface area contributed by atoms with Crippen LogP contribution >= 0.6 is 11.3 Å². The van der Waals surface area contributed by atoms with Crippen LogP contribution in [0.5, 0.6) is 5.75 Å². The second-order valence-corrected chi connectivity index (χ2v) is 6.03. The van der Waals surface area contributed by atoms with E-state index in [1.54, 1.807) is 30.5 Å². The molecular weight excluding hydrogens is 330 g/mol. The first kappa shape index (κ1) is 16.2. The minimum atomic E-state index is -0.694. The molecule has 0 atom stereocenters. The highest BCUT2D eigenvalue weighted by Gasteiger charge is 2.24. The number of fused-ring (bicyclic) bond motifs is 1. The zero-order valence-electron chi connectivity index (χ0n) is 13.4. The Balaban J connectivity index is 2.34. The van der Waals surface area contributed by atoms with E-state index in [-0.39, 0.29) is 28.9 Å². The number of ether oxygens (including phenoxy) is 2. The van der Waals surface area contributed by atoms with Crippen molar-refractivity contribution in [2.45, 2.75) is 13.8 Å². The van der Waals surface area contributed by atoms with E-state index in [0.717, 1.165) is 5.01 Å². The molecule has 6 nitrogen and oxygen atoms in total. The summed E-state index contributed by atoms with van der Waals surface area (Å²) in [6.45, 7) is 3.69. The monoisotopic (exact) mass is 345 g/mol. The van der Waals surface area contributed by atoms with Crippen LogP contribution in [0.1, 0.15) is 22.5 Å². The average molecular weight is 345 g/mol. The quantitative estimate of drug-likeness (QED) is 0.674. The molecule has 0 aliphatic heterocycles. The summed E-state index contributed by atoms with van der Waals surface area (Å²) in [5.74, 6) is -0.314. The molecule has 0 aliphatic rings. The molecule has 0 amide bonds. The third-order valence-electron chi connectivity index (χ3n) is 3.44. The third kappa shape index (κ3) is 2.78. The van der Waals surface area contributed by atoms with Crippen LogP contribution in [0, 0.1) is 6.92 Å². The molecular formula is C17H15NO5S. The average Bonchev–Trinajstić information content (AvgIpc) is 3.00. The number of hydrogen-bond acceptors (Lipinski definition) is 7. The first-order chi connectivity index (χ1) is 11.5. The Kier molecular flexibility index (Phi) is 4.35. The molecule has 124 valence electrons. The fraction of sp³-hybridized carbons (Fsp3) is 0.235. The van der Waals surface area contributed by atoms with E-state index in [0.29, 0.717) is 16.8 Å². The fourth-order valence-corrected chi connectivity index (χ4v) is 2.96. The molecule has 7 heteroatoms. The lowest BCUT2D eigenvalue weighted by Gasteiger charge is -2.08. The van der Waals surface area contributed by atoms with Gasteiger partial charge in [0, 0.05) is 11.4 Å². The van der Waals surface area contributed by atoms with Gasteiger partial charge in [-0.1, -0.05) is 0 Å². The van der Waals surface area contributed by atoms with Crippen molar-refractivity contribution in [2.75, 3.05) is 13.7 Å². The second-order valence-electron chi connectivity index (χ2n) is 4.97. The summed E-state index contributed by atoms with van der Waals surface area (Å²) in [5, 5.41) is 2.86. The van der Waals surface area contributed by atoms with Crippen LogP contribution in [0.15, 0.2) is 32.8 Å². The Hall–Kier alpha value is -2.67. The lowest BCUT2D eigenvalue weighted by molar-refractivity contribution is 0.0492. The number of aromatic nitrogens is 1. The molecule has 1 aromatic carbocycles. The van der Waals surface area contributed by atoms with Gasteiger partial charge in [-0.15, -0.1) is 11.3 Å². The zero-order chi connectivity index (χ0) is 17.3. The molecule has 3 aromatic rings. The molecule has 24 heavy (non-hydrogen) atoms. The first-order valence-corrected chi connectivity index (χ1v) is 8.17. The molecule has 0 saturated carbocycles. The molecule has 0 N–H and O–H groups in total. The van der Waals surface area contributed by atoms with Gasteiger partial charge in [-0.2, -0.15) is 0 Å². The van der Waals surface area contributed by atoms with Gasteiger partial charge in [-0.25, -0.2) is 9.78 Å². The van der Waals surface area contributed by atoms with Gasteiger partial charge >= 0.3 is 5.97 Å². The summed E-state index contributed by atoms with van der Waals surface area (Å²) in [5.41, 5.74) is 0.466. The van der Waals surface area contributed by atoms with Gasteiger partial charge in [0.15, 0.2) is 0 Å². The number of aryl methyl sites for hydroxylation is 1. The standard InChI is InChI=1S/C17H15NO5S/c1-4-22-17(20)16-14(12-8-24-9(2)18-12)15(19)11-6-5-10(21-3)7-13(11)23-16/h5-8H,4H2,1-3H3. The van der Waals surface area contributed by atoms with Gasteiger partial charge in [0.1, 0.15) is 11.3 Å². The minimum Gasteiger partial charge on any atom is -0.497 e. The largest absolute Gasteiger partial charge is 0.497 e. The van der Waals surface area contributed by atoms with Crippen LogP contribution in [-0.4, -0.2) is 24.7 Å². The lowest BCUT2D eigenvalue weighted by Crippen LogP contribution is -2.15. The first-order valence-electron chi connectivity index (χ1n) is 7.29. The van der Waals surface area contributed by atoms with Gasteiger partial charge in [-0.3, -0.25) is 4.79 Å². The Morgan fingerprint density at radius 3 is 2.79 bits per heavy atom. The van der Waals surface area contributed by atoms with Crippen molar-refractivity contribution in [3.8, 4) is 17.0 Å². The number of carbonyl (C=O) groups excluding carboxylic acids is 1. The Labute approximate surface area is 141 Å². The van der Waals surface area contributed by atoms with Crippen molar-refractivity contribution in [1.29, 1.82) is 0 Å². The lowest BCUT2D eigenvalue weighted by atomic mass is 10.1. The van der Waals surface area contributed by atoms with Crippen molar-refractivity contribution in [3.63, 3.8) is 0 Å². The van der Waals surface area contributed by atoms with Crippen LogP contribution in [0.25, 0.3) is 22.2 Å². The van der Waals surface area contributed by atoms with Crippen molar-refractivity contribution < 1.29 is 18.7 Å². The number of thiazole rings is 1. The van der Waals surface area contributed by atoms with Crippen LogP contribution < -0.4 is 10.2 Å². The summed E-state index contributed by atoms with van der Waals surface area (Å²) in [7, 11) is 1.51. The van der Waals surface area contributed by atoms with Crippen molar-refractivity contribution >= 4 is 28.3 Å². The van der Waals surface area contributed by atoms with Crippen molar-refractivity contribution in [1.82, 2.24) is 4.98 Å². The Bertz CT molecular complexity index is 973. The smallest absolute Gasteiger partial charge is 0.375 e. The van der Waals surface area contributed by atoms with E-state index in [1.165, 1.54) is 18.4 Å².